The summed E-state index contributed by atoms with van der Waals surface area (Å²) < 4.78 is 15.7. The van der Waals surface area contributed by atoms with Crippen LogP contribution >= 0.6 is 0 Å². The molecule has 0 aliphatic rings. The second kappa shape index (κ2) is 9.35. The number of para-hydroxylation sites is 1. The largest absolute Gasteiger partial charge is 0.493 e. The van der Waals surface area contributed by atoms with Gasteiger partial charge in [0.15, 0.2) is 0 Å². The van der Waals surface area contributed by atoms with Crippen LogP contribution in [0.15, 0.2) is 24.3 Å². The molecule has 0 bridgehead atoms. The van der Waals surface area contributed by atoms with Crippen LogP contribution in [-0.4, -0.2) is 44.6 Å². The molecule has 0 spiro atoms. The van der Waals surface area contributed by atoms with Crippen molar-refractivity contribution in [2.45, 2.75) is 12.8 Å². The first-order chi connectivity index (χ1) is 9.24. The molecule has 1 aromatic rings. The summed E-state index contributed by atoms with van der Waals surface area (Å²) in [5.74, 6) is -0.235. The Kier molecular flexibility index (Phi) is 7.62. The smallest absolute Gasteiger partial charge is 0.307 e. The van der Waals surface area contributed by atoms with E-state index in [1.54, 1.807) is 25.3 Å². The Labute approximate surface area is 113 Å². The van der Waals surface area contributed by atoms with E-state index >= 15 is 0 Å². The highest BCUT2D eigenvalue weighted by Crippen LogP contribution is 2.18. The molecule has 5 heteroatoms. The van der Waals surface area contributed by atoms with Gasteiger partial charge in [0.2, 0.25) is 0 Å². The molecular formula is C14H20O5. The zero-order valence-electron chi connectivity index (χ0n) is 11.1. The van der Waals surface area contributed by atoms with Gasteiger partial charge < -0.3 is 19.3 Å². The van der Waals surface area contributed by atoms with Crippen molar-refractivity contribution in [1.82, 2.24) is 0 Å². The quantitative estimate of drug-likeness (QED) is 0.655. The summed E-state index contributed by atoms with van der Waals surface area (Å²) in [7, 11) is 1.63. The number of methoxy groups -OCH3 is 1. The van der Waals surface area contributed by atoms with Gasteiger partial charge in [0.25, 0.3) is 0 Å². The predicted molar refractivity (Wildman–Crippen MR) is 70.6 cm³/mol. The van der Waals surface area contributed by atoms with Crippen LogP contribution in [0.5, 0.6) is 5.75 Å². The van der Waals surface area contributed by atoms with E-state index in [1.807, 2.05) is 6.07 Å². The maximum absolute atomic E-state index is 10.7. The van der Waals surface area contributed by atoms with Crippen molar-refractivity contribution in [2.24, 2.45) is 0 Å². The highest BCUT2D eigenvalue weighted by Gasteiger charge is 2.06. The predicted octanol–water partition coefficient (Wildman–Crippen LogP) is 1.75. The summed E-state index contributed by atoms with van der Waals surface area (Å²) in [4.78, 5) is 10.7. The molecule has 0 fully saturated rings. The van der Waals surface area contributed by atoms with Gasteiger partial charge in [-0.1, -0.05) is 18.2 Å². The van der Waals surface area contributed by atoms with Crippen LogP contribution in [0.2, 0.25) is 0 Å². The van der Waals surface area contributed by atoms with Gasteiger partial charge in [-0.25, -0.2) is 0 Å². The number of carbonyl (C=O) groups is 1. The first kappa shape index (κ1) is 15.5. The summed E-state index contributed by atoms with van der Waals surface area (Å²) in [6.07, 6.45) is 0.728. The molecule has 0 radical (unpaired) electrons. The van der Waals surface area contributed by atoms with Crippen LogP contribution in [0.1, 0.15) is 12.0 Å². The van der Waals surface area contributed by atoms with Gasteiger partial charge >= 0.3 is 5.97 Å². The van der Waals surface area contributed by atoms with Crippen LogP contribution < -0.4 is 4.74 Å². The van der Waals surface area contributed by atoms with E-state index in [4.69, 9.17) is 19.3 Å². The number of rotatable bonds is 10. The molecule has 0 aliphatic carbocycles. The van der Waals surface area contributed by atoms with Gasteiger partial charge in [0.1, 0.15) is 5.75 Å². The molecule has 0 atom stereocenters. The summed E-state index contributed by atoms with van der Waals surface area (Å²) in [6.45, 7) is 2.27. The highest BCUT2D eigenvalue weighted by molar-refractivity contribution is 5.71. The molecule has 106 valence electrons. The standard InChI is InChI=1S/C14H20O5/c1-17-9-10-18-7-4-8-19-13-6-3-2-5-12(13)11-14(15)16/h2-3,5-6H,4,7-11H2,1H3,(H,15,16). The van der Waals surface area contributed by atoms with E-state index in [1.165, 1.54) is 0 Å². The average Bonchev–Trinajstić information content (AvgIpc) is 2.39. The van der Waals surface area contributed by atoms with E-state index in [9.17, 15) is 4.79 Å². The van der Waals surface area contributed by atoms with Crippen molar-refractivity contribution in [1.29, 1.82) is 0 Å². The van der Waals surface area contributed by atoms with Crippen molar-refractivity contribution in [3.63, 3.8) is 0 Å². The molecule has 1 rings (SSSR count). The van der Waals surface area contributed by atoms with Crippen LogP contribution in [0.3, 0.4) is 0 Å². The number of ether oxygens (including phenoxy) is 3. The molecule has 0 unspecified atom stereocenters. The SMILES string of the molecule is COCCOCCCOc1ccccc1CC(=O)O. The minimum absolute atomic E-state index is 0.0273. The van der Waals surface area contributed by atoms with Crippen molar-refractivity contribution < 1.29 is 24.1 Å². The third-order valence-electron chi connectivity index (χ3n) is 2.44. The molecule has 5 nitrogen and oxygen atoms in total. The lowest BCUT2D eigenvalue weighted by atomic mass is 10.1. The van der Waals surface area contributed by atoms with E-state index < -0.39 is 5.97 Å². The molecule has 0 aromatic heterocycles. The lowest BCUT2D eigenvalue weighted by Crippen LogP contribution is -2.08. The normalized spacial score (nSPS) is 10.4. The Balaban J connectivity index is 2.26. The fourth-order valence-electron chi connectivity index (χ4n) is 1.54. The Bertz CT molecular complexity index is 378. The van der Waals surface area contributed by atoms with Gasteiger partial charge in [-0.3, -0.25) is 4.79 Å². The zero-order valence-corrected chi connectivity index (χ0v) is 11.1. The topological polar surface area (TPSA) is 65.0 Å². The number of aliphatic carboxylic acids is 1. The van der Waals surface area contributed by atoms with E-state index in [0.29, 0.717) is 37.7 Å². The fourth-order valence-corrected chi connectivity index (χ4v) is 1.54. The molecular weight excluding hydrogens is 248 g/mol. The molecule has 0 saturated carbocycles. The Morgan fingerprint density at radius 2 is 1.95 bits per heavy atom. The van der Waals surface area contributed by atoms with E-state index in [-0.39, 0.29) is 6.42 Å². The Morgan fingerprint density at radius 3 is 2.68 bits per heavy atom. The summed E-state index contributed by atoms with van der Waals surface area (Å²) in [6, 6.07) is 7.18. The summed E-state index contributed by atoms with van der Waals surface area (Å²) in [5.41, 5.74) is 0.690. The minimum atomic E-state index is -0.862. The van der Waals surface area contributed by atoms with Gasteiger partial charge in [-0.15, -0.1) is 0 Å². The number of hydrogen-bond acceptors (Lipinski definition) is 4. The molecule has 1 aromatic carbocycles. The minimum Gasteiger partial charge on any atom is -0.493 e. The monoisotopic (exact) mass is 268 g/mol. The van der Waals surface area contributed by atoms with Crippen molar-refractivity contribution >= 4 is 5.97 Å². The van der Waals surface area contributed by atoms with E-state index in [2.05, 4.69) is 0 Å². The maximum Gasteiger partial charge on any atom is 0.307 e. The molecule has 0 saturated heterocycles. The third-order valence-corrected chi connectivity index (χ3v) is 2.44. The Hall–Kier alpha value is -1.59. The number of benzene rings is 1. The number of carboxylic acids is 1. The van der Waals surface area contributed by atoms with Gasteiger partial charge in [0.05, 0.1) is 26.2 Å². The lowest BCUT2D eigenvalue weighted by molar-refractivity contribution is -0.136. The Morgan fingerprint density at radius 1 is 1.16 bits per heavy atom. The first-order valence-corrected chi connectivity index (χ1v) is 6.23. The third kappa shape index (κ3) is 6.79. The fraction of sp³-hybridized carbons (Fsp3) is 0.500. The van der Waals surface area contributed by atoms with Crippen LogP contribution in [0.25, 0.3) is 0 Å². The molecule has 0 amide bonds. The molecule has 1 N–H and O–H groups in total. The number of hydrogen-bond donors (Lipinski definition) is 1. The van der Waals surface area contributed by atoms with Gasteiger partial charge in [-0.05, 0) is 6.07 Å². The highest BCUT2D eigenvalue weighted by atomic mass is 16.5. The second-order valence-corrected chi connectivity index (χ2v) is 3.99. The zero-order chi connectivity index (χ0) is 13.9. The molecule has 0 heterocycles. The van der Waals surface area contributed by atoms with Crippen LogP contribution in [0, 0.1) is 0 Å². The molecule has 0 aliphatic heterocycles. The summed E-state index contributed by atoms with van der Waals surface area (Å²) >= 11 is 0. The molecule has 19 heavy (non-hydrogen) atoms. The first-order valence-electron chi connectivity index (χ1n) is 6.23. The maximum atomic E-state index is 10.7. The van der Waals surface area contributed by atoms with E-state index in [0.717, 1.165) is 6.42 Å². The van der Waals surface area contributed by atoms with Crippen molar-refractivity contribution in [3.8, 4) is 5.75 Å². The van der Waals surface area contributed by atoms with Gasteiger partial charge in [0, 0.05) is 25.7 Å². The van der Waals surface area contributed by atoms with Crippen molar-refractivity contribution in [3.05, 3.63) is 29.8 Å². The van der Waals surface area contributed by atoms with Crippen molar-refractivity contribution in [2.75, 3.05) is 33.5 Å². The van der Waals surface area contributed by atoms with Crippen LogP contribution in [-0.2, 0) is 20.7 Å². The lowest BCUT2D eigenvalue weighted by Gasteiger charge is -2.10. The summed E-state index contributed by atoms with van der Waals surface area (Å²) in [5, 5.41) is 8.80. The second-order valence-electron chi connectivity index (χ2n) is 3.99. The number of carboxylic acid groups (broad SMARTS) is 1. The average molecular weight is 268 g/mol. The van der Waals surface area contributed by atoms with Crippen LogP contribution in [0.4, 0.5) is 0 Å². The van der Waals surface area contributed by atoms with Gasteiger partial charge in [-0.2, -0.15) is 0 Å².